The van der Waals surface area contributed by atoms with E-state index in [2.05, 4.69) is 10.3 Å². The highest BCUT2D eigenvalue weighted by molar-refractivity contribution is 14.1. The molecule has 0 radical (unpaired) electrons. The van der Waals surface area contributed by atoms with Crippen molar-refractivity contribution in [2.75, 3.05) is 19.7 Å². The Hall–Kier alpha value is -2.24. The zero-order valence-electron chi connectivity index (χ0n) is 16.5. The van der Waals surface area contributed by atoms with Gasteiger partial charge < -0.3 is 19.9 Å². The first kappa shape index (κ1) is 24.8. The van der Waals surface area contributed by atoms with Crippen LogP contribution in [-0.4, -0.2) is 48.7 Å². The van der Waals surface area contributed by atoms with E-state index < -0.39 is 46.2 Å². The van der Waals surface area contributed by atoms with Crippen LogP contribution >= 0.6 is 22.6 Å². The summed E-state index contributed by atoms with van der Waals surface area (Å²) in [5.41, 5.74) is -1.58. The highest BCUT2D eigenvalue weighted by atomic mass is 127. The number of carbonyl (C=O) groups excluding carboxylic acids is 2. The molecule has 7 nitrogen and oxygen atoms in total. The summed E-state index contributed by atoms with van der Waals surface area (Å²) in [6.07, 6.45) is 0.356. The Kier molecular flexibility index (Phi) is 9.47. The third-order valence-corrected chi connectivity index (χ3v) is 3.75. The number of nitrogens with zero attached hydrogens (tertiary/aromatic N) is 1. The molecule has 0 heterocycles. The molecule has 1 rings (SSSR count). The molecule has 160 valence electrons. The fourth-order valence-corrected chi connectivity index (χ4v) is 2.57. The van der Waals surface area contributed by atoms with E-state index >= 15 is 0 Å². The van der Waals surface area contributed by atoms with Crippen molar-refractivity contribution in [3.63, 3.8) is 0 Å². The van der Waals surface area contributed by atoms with Crippen molar-refractivity contribution in [1.82, 2.24) is 5.32 Å². The molecule has 0 aromatic heterocycles. The first-order chi connectivity index (χ1) is 13.5. The summed E-state index contributed by atoms with van der Waals surface area (Å²) >= 11 is 1.75. The molecule has 29 heavy (non-hydrogen) atoms. The molecule has 10 heteroatoms. The summed E-state index contributed by atoms with van der Waals surface area (Å²) in [5, 5.41) is 12.8. The fourth-order valence-electron chi connectivity index (χ4n) is 1.99. The summed E-state index contributed by atoms with van der Waals surface area (Å²) < 4.78 is 38.0. The average Bonchev–Trinajstić information content (AvgIpc) is 2.59. The molecule has 0 aliphatic carbocycles. The van der Waals surface area contributed by atoms with Gasteiger partial charge in [-0.25, -0.2) is 18.4 Å². The van der Waals surface area contributed by atoms with Gasteiger partial charge in [0, 0.05) is 16.3 Å². The number of aliphatic hydroxyl groups is 1. The number of halogens is 3. The van der Waals surface area contributed by atoms with Crippen molar-refractivity contribution in [2.45, 2.75) is 33.3 Å². The smallest absolute Gasteiger partial charge is 0.407 e. The first-order valence-corrected chi connectivity index (χ1v) is 9.76. The summed E-state index contributed by atoms with van der Waals surface area (Å²) in [6.45, 7) is 6.85. The van der Waals surface area contributed by atoms with Crippen LogP contribution in [0.25, 0.3) is 5.76 Å². The quantitative estimate of drug-likeness (QED) is 0.107. The standard InChI is InChI=1S/C19H23F2IN2O5/c1-5-28-17(26)13(10-23-6-7-24-18(27)29-19(2,3)4)16(25)12-8-11(22)9-14(20)15(12)21/h8-10,25H,5-7H2,1-4H3,(H,24,27)/b16-13-,23-10?. The van der Waals surface area contributed by atoms with Crippen LogP contribution in [0.4, 0.5) is 13.6 Å². The van der Waals surface area contributed by atoms with Crippen molar-refractivity contribution in [3.8, 4) is 0 Å². The number of benzene rings is 1. The van der Waals surface area contributed by atoms with E-state index in [0.717, 1.165) is 12.3 Å². The molecule has 0 saturated carbocycles. The first-order valence-electron chi connectivity index (χ1n) is 8.68. The number of hydrogen-bond donors (Lipinski definition) is 2. The Morgan fingerprint density at radius 2 is 1.97 bits per heavy atom. The van der Waals surface area contributed by atoms with Gasteiger partial charge >= 0.3 is 12.1 Å². The maximum absolute atomic E-state index is 14.1. The van der Waals surface area contributed by atoms with Gasteiger partial charge in [-0.2, -0.15) is 0 Å². The number of carbonyl (C=O) groups is 2. The number of hydrogen-bond acceptors (Lipinski definition) is 6. The normalized spacial score (nSPS) is 12.5. The number of nitrogens with one attached hydrogen (secondary N) is 1. The highest BCUT2D eigenvalue weighted by Crippen LogP contribution is 2.24. The number of esters is 1. The minimum absolute atomic E-state index is 0.00677. The monoisotopic (exact) mass is 524 g/mol. The lowest BCUT2D eigenvalue weighted by Crippen LogP contribution is -2.33. The molecule has 0 unspecified atom stereocenters. The topological polar surface area (TPSA) is 97.2 Å². The van der Waals surface area contributed by atoms with Crippen molar-refractivity contribution < 1.29 is 33.0 Å². The van der Waals surface area contributed by atoms with Gasteiger partial charge in [0.2, 0.25) is 0 Å². The lowest BCUT2D eigenvalue weighted by Gasteiger charge is -2.19. The molecule has 2 N–H and O–H groups in total. The zero-order valence-corrected chi connectivity index (χ0v) is 18.7. The van der Waals surface area contributed by atoms with Crippen LogP contribution in [0.1, 0.15) is 33.3 Å². The van der Waals surface area contributed by atoms with Crippen LogP contribution in [-0.2, 0) is 14.3 Å². The molecule has 1 aromatic rings. The van der Waals surface area contributed by atoms with Crippen molar-refractivity contribution in [3.05, 3.63) is 38.5 Å². The maximum atomic E-state index is 14.1. The van der Waals surface area contributed by atoms with Crippen LogP contribution in [0.3, 0.4) is 0 Å². The van der Waals surface area contributed by atoms with E-state index in [1.807, 2.05) is 0 Å². The minimum Gasteiger partial charge on any atom is -0.506 e. The van der Waals surface area contributed by atoms with Gasteiger partial charge in [-0.1, -0.05) is 0 Å². The fraction of sp³-hybridized carbons (Fsp3) is 0.421. The maximum Gasteiger partial charge on any atom is 0.407 e. The minimum atomic E-state index is -1.30. The van der Waals surface area contributed by atoms with E-state index in [1.165, 1.54) is 6.07 Å². The third-order valence-electron chi connectivity index (χ3n) is 3.13. The third kappa shape index (κ3) is 8.34. The van der Waals surface area contributed by atoms with Gasteiger partial charge in [0.25, 0.3) is 0 Å². The second kappa shape index (κ2) is 11.1. The van der Waals surface area contributed by atoms with Gasteiger partial charge in [-0.05, 0) is 62.4 Å². The van der Waals surface area contributed by atoms with E-state index in [4.69, 9.17) is 9.47 Å². The number of aliphatic imine (C=N–C) groups is 1. The Morgan fingerprint density at radius 1 is 1.31 bits per heavy atom. The lowest BCUT2D eigenvalue weighted by atomic mass is 10.1. The number of rotatable bonds is 7. The zero-order chi connectivity index (χ0) is 22.2. The molecular weight excluding hydrogens is 501 g/mol. The Balaban J connectivity index is 3.00. The molecule has 0 atom stereocenters. The largest absolute Gasteiger partial charge is 0.506 e. The molecule has 0 saturated heterocycles. The number of ether oxygens (including phenoxy) is 2. The summed E-state index contributed by atoms with van der Waals surface area (Å²) in [6, 6.07) is 2.14. The molecule has 0 aliphatic heterocycles. The van der Waals surface area contributed by atoms with E-state index in [-0.39, 0.29) is 19.7 Å². The van der Waals surface area contributed by atoms with Gasteiger partial charge in [0.1, 0.15) is 16.9 Å². The molecule has 0 bridgehead atoms. The Bertz CT molecular complexity index is 820. The van der Waals surface area contributed by atoms with E-state index in [0.29, 0.717) is 3.57 Å². The summed E-state index contributed by atoms with van der Waals surface area (Å²) in [7, 11) is 0. The van der Waals surface area contributed by atoms with Gasteiger partial charge in [0.05, 0.1) is 18.7 Å². The number of aliphatic hydroxyl groups excluding tert-OH is 1. The van der Waals surface area contributed by atoms with Gasteiger partial charge in [-0.15, -0.1) is 0 Å². The second-order valence-electron chi connectivity index (χ2n) is 6.70. The summed E-state index contributed by atoms with van der Waals surface area (Å²) in [4.78, 5) is 27.6. The number of alkyl carbamates (subject to hydrolysis) is 1. The average molecular weight is 524 g/mol. The summed E-state index contributed by atoms with van der Waals surface area (Å²) in [5.74, 6) is -4.22. The Labute approximate surface area is 181 Å². The second-order valence-corrected chi connectivity index (χ2v) is 7.94. The Morgan fingerprint density at radius 3 is 2.55 bits per heavy atom. The van der Waals surface area contributed by atoms with E-state index in [1.54, 1.807) is 50.3 Å². The highest BCUT2D eigenvalue weighted by Gasteiger charge is 2.21. The van der Waals surface area contributed by atoms with Crippen LogP contribution in [0.2, 0.25) is 0 Å². The van der Waals surface area contributed by atoms with Crippen LogP contribution in [0.5, 0.6) is 0 Å². The van der Waals surface area contributed by atoms with Gasteiger partial charge in [-0.3, -0.25) is 4.99 Å². The SMILES string of the molecule is CCOC(=O)/C(C=NCCNC(=O)OC(C)(C)C)=C(\O)c1cc(I)cc(F)c1F. The number of amides is 1. The van der Waals surface area contributed by atoms with Gasteiger partial charge in [0.15, 0.2) is 11.6 Å². The molecule has 0 spiro atoms. The molecule has 0 fully saturated rings. The molecule has 0 aliphatic rings. The lowest BCUT2D eigenvalue weighted by molar-refractivity contribution is -0.137. The molecular formula is C19H23F2IN2O5. The van der Waals surface area contributed by atoms with Crippen LogP contribution < -0.4 is 5.32 Å². The van der Waals surface area contributed by atoms with Crippen LogP contribution in [0, 0.1) is 15.2 Å². The molecule has 1 amide bonds. The predicted octanol–water partition coefficient (Wildman–Crippen LogP) is 4.00. The molecule has 1 aromatic carbocycles. The van der Waals surface area contributed by atoms with Crippen molar-refractivity contribution in [1.29, 1.82) is 0 Å². The predicted molar refractivity (Wildman–Crippen MR) is 113 cm³/mol. The van der Waals surface area contributed by atoms with Crippen molar-refractivity contribution >= 4 is 46.6 Å². The van der Waals surface area contributed by atoms with Crippen LogP contribution in [0.15, 0.2) is 22.7 Å². The van der Waals surface area contributed by atoms with E-state index in [9.17, 15) is 23.5 Å². The van der Waals surface area contributed by atoms with Crippen molar-refractivity contribution in [2.24, 2.45) is 4.99 Å².